The molecule has 108 valence electrons. The zero-order valence-corrected chi connectivity index (χ0v) is 12.7. The SMILES string of the molecule is C1=CCC(C2C=Cc3ccccc3C2C2CCCCC2)=C1. The van der Waals surface area contributed by atoms with Crippen molar-refractivity contribution in [2.75, 3.05) is 0 Å². The van der Waals surface area contributed by atoms with E-state index in [0.717, 1.165) is 12.3 Å². The molecular weight excluding hydrogens is 252 g/mol. The summed E-state index contributed by atoms with van der Waals surface area (Å²) in [6, 6.07) is 9.08. The molecule has 0 nitrogen and oxygen atoms in total. The van der Waals surface area contributed by atoms with Crippen LogP contribution < -0.4 is 0 Å². The van der Waals surface area contributed by atoms with E-state index < -0.39 is 0 Å². The Labute approximate surface area is 128 Å². The Morgan fingerprint density at radius 1 is 0.952 bits per heavy atom. The first kappa shape index (κ1) is 13.1. The highest BCUT2D eigenvalue weighted by Crippen LogP contribution is 2.48. The van der Waals surface area contributed by atoms with Crippen LogP contribution in [0.4, 0.5) is 0 Å². The molecule has 0 N–H and O–H groups in total. The van der Waals surface area contributed by atoms with Gasteiger partial charge in [-0.25, -0.2) is 0 Å². The van der Waals surface area contributed by atoms with Crippen LogP contribution in [0.3, 0.4) is 0 Å². The zero-order valence-electron chi connectivity index (χ0n) is 12.7. The van der Waals surface area contributed by atoms with Crippen LogP contribution in [0.2, 0.25) is 0 Å². The fourth-order valence-electron chi connectivity index (χ4n) is 4.59. The Bertz CT molecular complexity index is 596. The van der Waals surface area contributed by atoms with Crippen molar-refractivity contribution in [3.05, 3.63) is 65.3 Å². The lowest BCUT2D eigenvalue weighted by Gasteiger charge is -2.38. The Morgan fingerprint density at radius 2 is 1.81 bits per heavy atom. The molecule has 0 aliphatic heterocycles. The van der Waals surface area contributed by atoms with Crippen molar-refractivity contribution in [3.8, 4) is 0 Å². The van der Waals surface area contributed by atoms with E-state index in [1.165, 1.54) is 37.7 Å². The number of allylic oxidation sites excluding steroid dienone is 5. The van der Waals surface area contributed by atoms with Crippen molar-refractivity contribution in [1.82, 2.24) is 0 Å². The standard InChI is InChI=1S/C21H24/c1-2-11-18(12-3-1)21-19-13-7-6-10-17(19)14-15-20(21)16-8-4-5-9-16/h4-8,10,13-15,18,20-21H,1-3,9,11-12H2. The molecule has 3 aliphatic carbocycles. The van der Waals surface area contributed by atoms with Crippen molar-refractivity contribution >= 4 is 6.08 Å². The van der Waals surface area contributed by atoms with Gasteiger partial charge in [-0.2, -0.15) is 0 Å². The van der Waals surface area contributed by atoms with E-state index in [2.05, 4.69) is 54.6 Å². The lowest BCUT2D eigenvalue weighted by molar-refractivity contribution is 0.276. The molecule has 0 heterocycles. The largest absolute Gasteiger partial charge is 0.0804 e. The molecule has 0 bridgehead atoms. The van der Waals surface area contributed by atoms with E-state index in [9.17, 15) is 0 Å². The molecule has 0 aromatic heterocycles. The van der Waals surface area contributed by atoms with Gasteiger partial charge in [0.25, 0.3) is 0 Å². The van der Waals surface area contributed by atoms with E-state index in [0.29, 0.717) is 11.8 Å². The van der Waals surface area contributed by atoms with Gasteiger partial charge in [-0.1, -0.05) is 79.5 Å². The van der Waals surface area contributed by atoms with Gasteiger partial charge < -0.3 is 0 Å². The fourth-order valence-corrected chi connectivity index (χ4v) is 4.59. The lowest BCUT2D eigenvalue weighted by atomic mass is 9.66. The highest BCUT2D eigenvalue weighted by Gasteiger charge is 2.35. The second-order valence-corrected chi connectivity index (χ2v) is 6.81. The topological polar surface area (TPSA) is 0 Å². The fraction of sp³-hybridized carbons (Fsp3) is 0.429. The Morgan fingerprint density at radius 3 is 2.62 bits per heavy atom. The van der Waals surface area contributed by atoms with Gasteiger partial charge in [-0.3, -0.25) is 0 Å². The van der Waals surface area contributed by atoms with Crippen molar-refractivity contribution in [2.24, 2.45) is 11.8 Å². The number of benzene rings is 1. The molecule has 0 amide bonds. The van der Waals surface area contributed by atoms with Gasteiger partial charge in [0.05, 0.1) is 0 Å². The van der Waals surface area contributed by atoms with Gasteiger partial charge in [0.15, 0.2) is 0 Å². The average Bonchev–Trinajstić information content (AvgIpc) is 3.09. The summed E-state index contributed by atoms with van der Waals surface area (Å²) in [5, 5.41) is 0. The smallest absolute Gasteiger partial charge is 0.00579 e. The maximum absolute atomic E-state index is 2.49. The monoisotopic (exact) mass is 276 g/mol. The molecular formula is C21H24. The maximum atomic E-state index is 2.49. The summed E-state index contributed by atoms with van der Waals surface area (Å²) in [5.74, 6) is 2.20. The molecule has 4 rings (SSSR count). The van der Waals surface area contributed by atoms with Crippen LogP contribution in [0.1, 0.15) is 55.6 Å². The van der Waals surface area contributed by atoms with Crippen LogP contribution in [0.5, 0.6) is 0 Å². The molecule has 0 radical (unpaired) electrons. The van der Waals surface area contributed by atoms with E-state index in [-0.39, 0.29) is 0 Å². The minimum Gasteiger partial charge on any atom is -0.0804 e. The van der Waals surface area contributed by atoms with Gasteiger partial charge in [0, 0.05) is 5.92 Å². The molecule has 2 atom stereocenters. The Kier molecular flexibility index (Phi) is 3.55. The highest BCUT2D eigenvalue weighted by molar-refractivity contribution is 5.60. The second-order valence-electron chi connectivity index (χ2n) is 6.81. The third kappa shape index (κ3) is 2.41. The minimum atomic E-state index is 0.623. The van der Waals surface area contributed by atoms with Gasteiger partial charge in [0.1, 0.15) is 0 Å². The van der Waals surface area contributed by atoms with E-state index in [4.69, 9.17) is 0 Å². The number of fused-ring (bicyclic) bond motifs is 1. The quantitative estimate of drug-likeness (QED) is 0.632. The normalized spacial score (nSPS) is 28.5. The summed E-state index contributed by atoms with van der Waals surface area (Å²) < 4.78 is 0. The van der Waals surface area contributed by atoms with Crippen LogP contribution in [-0.4, -0.2) is 0 Å². The zero-order chi connectivity index (χ0) is 14.1. The van der Waals surface area contributed by atoms with Crippen LogP contribution in [0, 0.1) is 11.8 Å². The van der Waals surface area contributed by atoms with Gasteiger partial charge in [-0.15, -0.1) is 0 Å². The van der Waals surface area contributed by atoms with E-state index in [1.54, 1.807) is 11.1 Å². The minimum absolute atomic E-state index is 0.623. The predicted octanol–water partition coefficient (Wildman–Crippen LogP) is 5.88. The molecule has 0 heteroatoms. The third-order valence-corrected chi connectivity index (χ3v) is 5.61. The molecule has 0 saturated heterocycles. The first-order chi connectivity index (χ1) is 10.4. The van der Waals surface area contributed by atoms with Gasteiger partial charge in [0.2, 0.25) is 0 Å². The molecule has 1 fully saturated rings. The maximum Gasteiger partial charge on any atom is 0.00579 e. The summed E-state index contributed by atoms with van der Waals surface area (Å²) >= 11 is 0. The van der Waals surface area contributed by atoms with Crippen LogP contribution >= 0.6 is 0 Å². The molecule has 3 aliphatic rings. The predicted molar refractivity (Wildman–Crippen MR) is 90.1 cm³/mol. The lowest BCUT2D eigenvalue weighted by Crippen LogP contribution is -2.26. The van der Waals surface area contributed by atoms with Crippen LogP contribution in [-0.2, 0) is 0 Å². The van der Waals surface area contributed by atoms with E-state index in [1.807, 2.05) is 0 Å². The number of hydrogen-bond acceptors (Lipinski definition) is 0. The van der Waals surface area contributed by atoms with Crippen molar-refractivity contribution in [3.63, 3.8) is 0 Å². The summed E-state index contributed by atoms with van der Waals surface area (Å²) in [5.41, 5.74) is 4.68. The average molecular weight is 276 g/mol. The first-order valence-electron chi connectivity index (χ1n) is 8.56. The van der Waals surface area contributed by atoms with E-state index >= 15 is 0 Å². The van der Waals surface area contributed by atoms with Crippen molar-refractivity contribution in [1.29, 1.82) is 0 Å². The number of rotatable bonds is 2. The summed E-state index contributed by atoms with van der Waals surface area (Å²) in [4.78, 5) is 0. The summed E-state index contributed by atoms with van der Waals surface area (Å²) in [7, 11) is 0. The summed E-state index contributed by atoms with van der Waals surface area (Å²) in [6.45, 7) is 0. The molecule has 1 saturated carbocycles. The van der Waals surface area contributed by atoms with Crippen molar-refractivity contribution < 1.29 is 0 Å². The number of hydrogen-bond donors (Lipinski definition) is 0. The molecule has 0 spiro atoms. The van der Waals surface area contributed by atoms with Gasteiger partial charge in [-0.05, 0) is 42.2 Å². The van der Waals surface area contributed by atoms with Crippen LogP contribution in [0.25, 0.3) is 6.08 Å². The van der Waals surface area contributed by atoms with Gasteiger partial charge >= 0.3 is 0 Å². The third-order valence-electron chi connectivity index (χ3n) is 5.61. The molecule has 21 heavy (non-hydrogen) atoms. The molecule has 1 aromatic carbocycles. The Balaban J connectivity index is 1.73. The summed E-state index contributed by atoms with van der Waals surface area (Å²) in [6.07, 6.45) is 20.0. The molecule has 1 aromatic rings. The van der Waals surface area contributed by atoms with Crippen LogP contribution in [0.15, 0.2) is 54.1 Å². The molecule has 2 unspecified atom stereocenters. The second kappa shape index (κ2) is 5.67. The Hall–Kier alpha value is -1.56. The van der Waals surface area contributed by atoms with Crippen molar-refractivity contribution in [2.45, 2.75) is 44.4 Å². The first-order valence-corrected chi connectivity index (χ1v) is 8.56. The highest BCUT2D eigenvalue weighted by atomic mass is 14.4.